The Morgan fingerprint density at radius 3 is 1.96 bits per heavy atom. The molecule has 0 aliphatic carbocycles. The van der Waals surface area contributed by atoms with Gasteiger partial charge in [0.05, 0.1) is 17.1 Å². The van der Waals surface area contributed by atoms with Crippen LogP contribution in [0.25, 0.3) is 0 Å². The Kier molecular flexibility index (Phi) is 7.43. The minimum absolute atomic E-state index is 0.426. The van der Waals surface area contributed by atoms with Gasteiger partial charge in [0.1, 0.15) is 0 Å². The van der Waals surface area contributed by atoms with Crippen molar-refractivity contribution in [2.24, 2.45) is 15.0 Å². The Labute approximate surface area is 139 Å². The van der Waals surface area contributed by atoms with E-state index in [1.54, 1.807) is 25.1 Å². The number of benzene rings is 2. The Bertz CT molecular complexity index is 871. The normalized spacial score (nSPS) is 8.62. The average Bonchev–Trinajstić information content (AvgIpc) is 2.56. The van der Waals surface area contributed by atoms with Crippen LogP contribution in [0.4, 0.5) is 17.1 Å². The fourth-order valence-electron chi connectivity index (χ4n) is 1.80. The Hall–Kier alpha value is -3.42. The van der Waals surface area contributed by atoms with E-state index in [-0.39, 0.29) is 0 Å². The van der Waals surface area contributed by atoms with Crippen molar-refractivity contribution in [3.8, 4) is 0 Å². The summed E-state index contributed by atoms with van der Waals surface area (Å²) in [4.78, 5) is 40.3. The number of nitrogens with zero attached hydrogens (tertiary/aromatic N) is 3. The first-order chi connectivity index (χ1) is 11.5. The lowest BCUT2D eigenvalue weighted by Gasteiger charge is -1.99. The van der Waals surface area contributed by atoms with Crippen molar-refractivity contribution in [3.63, 3.8) is 0 Å². The molecule has 0 amide bonds. The molecule has 0 saturated heterocycles. The fourth-order valence-corrected chi connectivity index (χ4v) is 1.80. The highest BCUT2D eigenvalue weighted by Crippen LogP contribution is 2.24. The van der Waals surface area contributed by atoms with E-state index < -0.39 is 0 Å². The van der Waals surface area contributed by atoms with Gasteiger partial charge in [0.25, 0.3) is 0 Å². The van der Waals surface area contributed by atoms with Crippen LogP contribution < -0.4 is 0 Å². The molecule has 0 fully saturated rings. The number of aryl methyl sites for hydroxylation is 2. The highest BCUT2D eigenvalue weighted by Gasteiger charge is 1.98. The topological polar surface area (TPSA) is 88.3 Å². The van der Waals surface area contributed by atoms with Crippen LogP contribution in [0.2, 0.25) is 0 Å². The van der Waals surface area contributed by atoms with Gasteiger partial charge < -0.3 is 0 Å². The van der Waals surface area contributed by atoms with Crippen molar-refractivity contribution in [3.05, 3.63) is 53.1 Å². The number of isocyanates is 3. The van der Waals surface area contributed by atoms with Gasteiger partial charge in [0, 0.05) is 0 Å². The van der Waals surface area contributed by atoms with E-state index in [2.05, 4.69) is 15.0 Å². The zero-order valence-corrected chi connectivity index (χ0v) is 13.5. The molecule has 0 aliphatic heterocycles. The molecular formula is C18H15N3O3. The average molecular weight is 321 g/mol. The van der Waals surface area contributed by atoms with Crippen molar-refractivity contribution < 1.29 is 14.4 Å². The van der Waals surface area contributed by atoms with Crippen molar-refractivity contribution in [1.82, 2.24) is 0 Å². The molecule has 0 saturated carbocycles. The Morgan fingerprint density at radius 2 is 1.33 bits per heavy atom. The van der Waals surface area contributed by atoms with E-state index >= 15 is 0 Å². The SMILES string of the molecule is Cc1ccc(N=C=O)cc1N=C=O.Cc1cccc(N=C=O)c1C. The van der Waals surface area contributed by atoms with Gasteiger partial charge in [-0.25, -0.2) is 14.4 Å². The number of rotatable bonds is 3. The summed E-state index contributed by atoms with van der Waals surface area (Å²) >= 11 is 0. The molecule has 6 heteroatoms. The third kappa shape index (κ3) is 5.41. The number of aliphatic imine (C=N–C) groups is 3. The number of carbonyl (C=O) groups excluding carboxylic acids is 3. The molecule has 2 aromatic carbocycles. The predicted molar refractivity (Wildman–Crippen MR) is 90.4 cm³/mol. The Morgan fingerprint density at radius 1 is 0.708 bits per heavy atom. The van der Waals surface area contributed by atoms with Crippen molar-refractivity contribution >= 4 is 35.3 Å². The molecule has 0 N–H and O–H groups in total. The highest BCUT2D eigenvalue weighted by atomic mass is 16.1. The van der Waals surface area contributed by atoms with E-state index in [1.807, 2.05) is 26.0 Å². The van der Waals surface area contributed by atoms with Gasteiger partial charge in [-0.2, -0.15) is 15.0 Å². The van der Waals surface area contributed by atoms with Crippen LogP contribution in [0, 0.1) is 20.8 Å². The van der Waals surface area contributed by atoms with E-state index in [4.69, 9.17) is 0 Å². The van der Waals surface area contributed by atoms with Crippen LogP contribution in [0.15, 0.2) is 51.4 Å². The zero-order valence-electron chi connectivity index (χ0n) is 13.5. The van der Waals surface area contributed by atoms with Crippen molar-refractivity contribution in [2.45, 2.75) is 20.8 Å². The predicted octanol–water partition coefficient (Wildman–Crippen LogP) is 4.20. The quantitative estimate of drug-likeness (QED) is 0.627. The summed E-state index contributed by atoms with van der Waals surface area (Å²) in [7, 11) is 0. The van der Waals surface area contributed by atoms with E-state index in [1.165, 1.54) is 24.3 Å². The maximum Gasteiger partial charge on any atom is 0.240 e. The van der Waals surface area contributed by atoms with Crippen LogP contribution >= 0.6 is 0 Å². The molecule has 120 valence electrons. The molecule has 2 aromatic rings. The molecule has 0 unspecified atom stereocenters. The third-order valence-electron chi connectivity index (χ3n) is 3.28. The molecule has 24 heavy (non-hydrogen) atoms. The van der Waals surface area contributed by atoms with Gasteiger partial charge in [-0.05, 0) is 55.7 Å². The summed E-state index contributed by atoms with van der Waals surface area (Å²) in [5, 5.41) is 0. The molecule has 6 nitrogen and oxygen atoms in total. The highest BCUT2D eigenvalue weighted by molar-refractivity contribution is 5.61. The summed E-state index contributed by atoms with van der Waals surface area (Å²) in [6.07, 6.45) is 4.36. The summed E-state index contributed by atoms with van der Waals surface area (Å²) in [5.74, 6) is 0. The van der Waals surface area contributed by atoms with E-state index in [0.29, 0.717) is 17.1 Å². The van der Waals surface area contributed by atoms with Crippen LogP contribution in [0.3, 0.4) is 0 Å². The fraction of sp³-hybridized carbons (Fsp3) is 0.167. The molecule has 0 heterocycles. The van der Waals surface area contributed by atoms with Crippen LogP contribution in [-0.4, -0.2) is 18.2 Å². The standard InChI is InChI=1S/C9H6N2O2.C9H9NO/c1-7-2-3-8(10-5-12)4-9(7)11-6-13;1-7-4-3-5-9(8(7)2)10-6-11/h2-4H,1H3;3-5H,1-2H3. The second-order valence-corrected chi connectivity index (χ2v) is 4.80. The van der Waals surface area contributed by atoms with Crippen molar-refractivity contribution in [1.29, 1.82) is 0 Å². The zero-order chi connectivity index (χ0) is 17.9. The monoisotopic (exact) mass is 321 g/mol. The van der Waals surface area contributed by atoms with Gasteiger partial charge in [-0.3, -0.25) is 0 Å². The third-order valence-corrected chi connectivity index (χ3v) is 3.28. The van der Waals surface area contributed by atoms with Gasteiger partial charge in [-0.1, -0.05) is 18.2 Å². The lowest BCUT2D eigenvalue weighted by atomic mass is 10.1. The maximum atomic E-state index is 10.00. The number of hydrogen-bond acceptors (Lipinski definition) is 6. The first-order valence-corrected chi connectivity index (χ1v) is 6.94. The minimum Gasteiger partial charge on any atom is -0.211 e. The first kappa shape index (κ1) is 18.6. The molecule has 2 rings (SSSR count). The lowest BCUT2D eigenvalue weighted by molar-refractivity contribution is 0.564. The second-order valence-electron chi connectivity index (χ2n) is 4.80. The molecule has 0 atom stereocenters. The summed E-state index contributed by atoms with van der Waals surface area (Å²) in [6, 6.07) is 10.5. The smallest absolute Gasteiger partial charge is 0.211 e. The van der Waals surface area contributed by atoms with Crippen LogP contribution in [-0.2, 0) is 14.4 Å². The summed E-state index contributed by atoms with van der Waals surface area (Å²) < 4.78 is 0. The molecule has 0 aromatic heterocycles. The molecule has 0 aliphatic rings. The largest absolute Gasteiger partial charge is 0.240 e. The molecule has 0 bridgehead atoms. The Balaban J connectivity index is 0.000000243. The van der Waals surface area contributed by atoms with Crippen LogP contribution in [0.5, 0.6) is 0 Å². The number of hydrogen-bond donors (Lipinski definition) is 0. The lowest BCUT2D eigenvalue weighted by Crippen LogP contribution is -1.79. The molecule has 0 spiro atoms. The minimum atomic E-state index is 0.426. The van der Waals surface area contributed by atoms with E-state index in [0.717, 1.165) is 16.7 Å². The second kappa shape index (κ2) is 9.57. The van der Waals surface area contributed by atoms with Crippen LogP contribution in [0.1, 0.15) is 16.7 Å². The van der Waals surface area contributed by atoms with E-state index in [9.17, 15) is 14.4 Å². The van der Waals surface area contributed by atoms with Crippen molar-refractivity contribution in [2.75, 3.05) is 0 Å². The maximum absolute atomic E-state index is 10.00. The molecular weight excluding hydrogens is 306 g/mol. The summed E-state index contributed by atoms with van der Waals surface area (Å²) in [6.45, 7) is 5.72. The van der Waals surface area contributed by atoms with Gasteiger partial charge in [-0.15, -0.1) is 0 Å². The summed E-state index contributed by atoms with van der Waals surface area (Å²) in [5.41, 5.74) is 4.60. The van der Waals surface area contributed by atoms with Gasteiger partial charge in [0.2, 0.25) is 18.2 Å². The molecule has 0 radical (unpaired) electrons. The first-order valence-electron chi connectivity index (χ1n) is 6.94. The van der Waals surface area contributed by atoms with Gasteiger partial charge >= 0.3 is 0 Å². The van der Waals surface area contributed by atoms with Gasteiger partial charge in [0.15, 0.2) is 0 Å².